The molecular formula is C17H9Cl3N2O2S. The molecule has 126 valence electrons. The summed E-state index contributed by atoms with van der Waals surface area (Å²) in [7, 11) is 0. The molecule has 0 unspecified atom stereocenters. The van der Waals surface area contributed by atoms with Gasteiger partial charge in [0.1, 0.15) is 5.70 Å². The lowest BCUT2D eigenvalue weighted by Crippen LogP contribution is -2.36. The zero-order valence-corrected chi connectivity index (χ0v) is 15.5. The van der Waals surface area contributed by atoms with E-state index in [1.165, 1.54) is 24.3 Å². The van der Waals surface area contributed by atoms with E-state index in [0.29, 0.717) is 15.6 Å². The van der Waals surface area contributed by atoms with Crippen molar-refractivity contribution >= 4 is 70.0 Å². The molecule has 1 fully saturated rings. The predicted molar refractivity (Wildman–Crippen MR) is 103 cm³/mol. The lowest BCUT2D eigenvalue weighted by molar-refractivity contribution is -0.120. The monoisotopic (exact) mass is 410 g/mol. The highest BCUT2D eigenvalue weighted by Gasteiger charge is 2.37. The van der Waals surface area contributed by atoms with Crippen molar-refractivity contribution in [2.75, 3.05) is 0 Å². The third-order valence-corrected chi connectivity index (χ3v) is 4.62. The molecule has 2 amide bonds. The number of hydrogen-bond donors (Lipinski definition) is 1. The van der Waals surface area contributed by atoms with Gasteiger partial charge in [-0.15, -0.1) is 0 Å². The fourth-order valence-electron chi connectivity index (χ4n) is 2.25. The van der Waals surface area contributed by atoms with Gasteiger partial charge in [-0.05, 0) is 48.1 Å². The number of carbonyl (C=O) groups excluding carboxylic acids is 2. The second kappa shape index (κ2) is 7.14. The predicted octanol–water partition coefficient (Wildman–Crippen LogP) is 4.54. The van der Waals surface area contributed by atoms with E-state index in [0.717, 1.165) is 4.90 Å². The summed E-state index contributed by atoms with van der Waals surface area (Å²) in [5.74, 6) is -1.22. The van der Waals surface area contributed by atoms with Gasteiger partial charge in [-0.1, -0.05) is 53.0 Å². The van der Waals surface area contributed by atoms with Crippen molar-refractivity contribution in [3.63, 3.8) is 0 Å². The fraction of sp³-hybridized carbons (Fsp3) is 0. The van der Waals surface area contributed by atoms with Crippen LogP contribution in [0.2, 0.25) is 15.1 Å². The van der Waals surface area contributed by atoms with Crippen molar-refractivity contribution in [1.82, 2.24) is 10.2 Å². The van der Waals surface area contributed by atoms with Crippen molar-refractivity contribution in [2.45, 2.75) is 0 Å². The number of amides is 2. The molecule has 3 rings (SSSR count). The third-order valence-electron chi connectivity index (χ3n) is 3.45. The lowest BCUT2D eigenvalue weighted by atomic mass is 10.1. The molecule has 1 aliphatic rings. The Bertz CT molecular complexity index is 943. The summed E-state index contributed by atoms with van der Waals surface area (Å²) in [5.41, 5.74) is 0.903. The molecule has 2 aromatic rings. The Kier molecular flexibility index (Phi) is 5.11. The largest absolute Gasteiger partial charge is 0.327 e. The van der Waals surface area contributed by atoms with Gasteiger partial charge in [0.2, 0.25) is 0 Å². The van der Waals surface area contributed by atoms with Crippen molar-refractivity contribution in [3.05, 3.63) is 74.4 Å². The third kappa shape index (κ3) is 3.55. The Labute approximate surface area is 164 Å². The SMILES string of the molecule is O=C1/C(=C/c2ccccc2Cl)NC(=S)N1C(=O)c1ccc(Cl)cc1Cl. The number of nitrogens with one attached hydrogen (secondary N) is 1. The Balaban J connectivity index is 1.94. The van der Waals surface area contributed by atoms with Crippen LogP contribution in [0.15, 0.2) is 48.2 Å². The van der Waals surface area contributed by atoms with Crippen LogP contribution < -0.4 is 5.32 Å². The molecule has 1 aliphatic heterocycles. The quantitative estimate of drug-likeness (QED) is 0.448. The zero-order chi connectivity index (χ0) is 18.1. The molecule has 1 N–H and O–H groups in total. The summed E-state index contributed by atoms with van der Waals surface area (Å²) >= 11 is 23.1. The average Bonchev–Trinajstić information content (AvgIpc) is 2.83. The first-order chi connectivity index (χ1) is 11.9. The van der Waals surface area contributed by atoms with Crippen molar-refractivity contribution in [3.8, 4) is 0 Å². The molecule has 0 aliphatic carbocycles. The van der Waals surface area contributed by atoms with Crippen LogP contribution >= 0.6 is 47.0 Å². The minimum absolute atomic E-state index is 0.0284. The van der Waals surface area contributed by atoms with E-state index >= 15 is 0 Å². The summed E-state index contributed by atoms with van der Waals surface area (Å²) in [6.45, 7) is 0. The summed E-state index contributed by atoms with van der Waals surface area (Å²) < 4.78 is 0. The molecule has 25 heavy (non-hydrogen) atoms. The second-order valence-electron chi connectivity index (χ2n) is 5.08. The first-order valence-corrected chi connectivity index (χ1v) is 8.54. The molecule has 0 aromatic heterocycles. The van der Waals surface area contributed by atoms with Crippen LogP contribution in [0.4, 0.5) is 0 Å². The maximum Gasteiger partial charge on any atom is 0.283 e. The summed E-state index contributed by atoms with van der Waals surface area (Å²) in [5, 5.41) is 3.70. The Hall–Kier alpha value is -1.92. The minimum Gasteiger partial charge on any atom is -0.327 e. The van der Waals surface area contributed by atoms with Gasteiger partial charge < -0.3 is 5.32 Å². The molecule has 4 nitrogen and oxygen atoms in total. The average molecular weight is 412 g/mol. The molecular weight excluding hydrogens is 403 g/mol. The van der Waals surface area contributed by atoms with E-state index in [-0.39, 0.29) is 21.4 Å². The molecule has 1 saturated heterocycles. The molecule has 8 heteroatoms. The highest BCUT2D eigenvalue weighted by Crippen LogP contribution is 2.25. The van der Waals surface area contributed by atoms with Gasteiger partial charge in [-0.2, -0.15) is 0 Å². The van der Waals surface area contributed by atoms with Crippen LogP contribution in [0.5, 0.6) is 0 Å². The number of rotatable bonds is 2. The number of hydrogen-bond acceptors (Lipinski definition) is 3. The van der Waals surface area contributed by atoms with Crippen LogP contribution in [-0.2, 0) is 4.79 Å². The lowest BCUT2D eigenvalue weighted by Gasteiger charge is -2.13. The number of thiocarbonyl (C=S) groups is 1. The molecule has 0 spiro atoms. The molecule has 0 radical (unpaired) electrons. The van der Waals surface area contributed by atoms with E-state index in [4.69, 9.17) is 47.0 Å². The summed E-state index contributed by atoms with van der Waals surface area (Å²) in [6, 6.07) is 11.4. The fourth-order valence-corrected chi connectivity index (χ4v) is 3.21. The summed E-state index contributed by atoms with van der Waals surface area (Å²) in [6.07, 6.45) is 1.54. The van der Waals surface area contributed by atoms with Crippen LogP contribution in [0.1, 0.15) is 15.9 Å². The van der Waals surface area contributed by atoms with Crippen molar-refractivity contribution < 1.29 is 9.59 Å². The zero-order valence-electron chi connectivity index (χ0n) is 12.4. The van der Waals surface area contributed by atoms with Gasteiger partial charge in [0.25, 0.3) is 11.8 Å². The number of imide groups is 1. The van der Waals surface area contributed by atoms with Gasteiger partial charge in [0.15, 0.2) is 5.11 Å². The van der Waals surface area contributed by atoms with Crippen LogP contribution in [0.3, 0.4) is 0 Å². The molecule has 0 saturated carbocycles. The van der Waals surface area contributed by atoms with Gasteiger partial charge in [-0.25, -0.2) is 4.90 Å². The van der Waals surface area contributed by atoms with Gasteiger partial charge in [0.05, 0.1) is 10.6 Å². The van der Waals surface area contributed by atoms with Crippen LogP contribution in [-0.4, -0.2) is 21.8 Å². The summed E-state index contributed by atoms with van der Waals surface area (Å²) in [4.78, 5) is 26.1. The molecule has 1 heterocycles. The van der Waals surface area contributed by atoms with Crippen molar-refractivity contribution in [1.29, 1.82) is 0 Å². The van der Waals surface area contributed by atoms with Gasteiger partial charge in [0, 0.05) is 10.0 Å². The Morgan fingerprint density at radius 2 is 1.80 bits per heavy atom. The standard InChI is InChI=1S/C17H9Cl3N2O2S/c18-10-5-6-11(13(20)8-10)15(23)22-16(24)14(21-17(22)25)7-9-3-1-2-4-12(9)19/h1-8H,(H,21,25)/b14-7-. The van der Waals surface area contributed by atoms with Gasteiger partial charge >= 0.3 is 0 Å². The Morgan fingerprint density at radius 1 is 1.08 bits per heavy atom. The maximum atomic E-state index is 12.7. The smallest absolute Gasteiger partial charge is 0.283 e. The van der Waals surface area contributed by atoms with Crippen LogP contribution in [0, 0.1) is 0 Å². The highest BCUT2D eigenvalue weighted by atomic mass is 35.5. The topological polar surface area (TPSA) is 49.4 Å². The normalized spacial score (nSPS) is 15.6. The van der Waals surface area contributed by atoms with E-state index in [1.807, 2.05) is 0 Å². The number of halogens is 3. The Morgan fingerprint density at radius 3 is 2.48 bits per heavy atom. The first kappa shape index (κ1) is 17.9. The molecule has 0 atom stereocenters. The minimum atomic E-state index is -0.633. The van der Waals surface area contributed by atoms with E-state index in [9.17, 15) is 9.59 Å². The van der Waals surface area contributed by atoms with Gasteiger partial charge in [-0.3, -0.25) is 9.59 Å². The highest BCUT2D eigenvalue weighted by molar-refractivity contribution is 7.80. The number of nitrogens with zero attached hydrogens (tertiary/aromatic N) is 1. The van der Waals surface area contributed by atoms with E-state index in [2.05, 4.69) is 5.32 Å². The van der Waals surface area contributed by atoms with E-state index in [1.54, 1.807) is 24.3 Å². The number of benzene rings is 2. The maximum absolute atomic E-state index is 12.7. The molecule has 0 bridgehead atoms. The van der Waals surface area contributed by atoms with E-state index < -0.39 is 11.8 Å². The van der Waals surface area contributed by atoms with Crippen molar-refractivity contribution in [2.24, 2.45) is 0 Å². The molecule has 2 aromatic carbocycles. The second-order valence-corrected chi connectivity index (χ2v) is 6.72. The van der Waals surface area contributed by atoms with Crippen LogP contribution in [0.25, 0.3) is 6.08 Å². The first-order valence-electron chi connectivity index (χ1n) is 6.99. The number of carbonyl (C=O) groups is 2.